The van der Waals surface area contributed by atoms with Crippen molar-refractivity contribution in [3.05, 3.63) is 94.3 Å². The lowest BCUT2D eigenvalue weighted by Crippen LogP contribution is -2.29. The highest BCUT2D eigenvalue weighted by Crippen LogP contribution is 2.45. The first kappa shape index (κ1) is 24.0. The van der Waals surface area contributed by atoms with Crippen LogP contribution in [0.1, 0.15) is 30.5 Å². The van der Waals surface area contributed by atoms with Gasteiger partial charge >= 0.3 is 5.91 Å². The number of ketones is 1. The molecule has 1 N–H and O–H groups in total. The molecule has 1 atom stereocenters. The average molecular weight is 523 g/mol. The van der Waals surface area contributed by atoms with Crippen molar-refractivity contribution >= 4 is 55.7 Å². The van der Waals surface area contributed by atoms with E-state index in [4.69, 9.17) is 16.3 Å². The lowest BCUT2D eigenvalue weighted by molar-refractivity contribution is -0.132. The maximum Gasteiger partial charge on any atom is 0.301 e. The number of amides is 1. The number of carbonyl (C=O) groups is 2. The van der Waals surface area contributed by atoms with E-state index in [2.05, 4.69) is 4.98 Å². The van der Waals surface area contributed by atoms with Gasteiger partial charge in [0.15, 0.2) is 5.13 Å². The fourth-order valence-electron chi connectivity index (χ4n) is 4.09. The van der Waals surface area contributed by atoms with E-state index in [-0.39, 0.29) is 16.3 Å². The van der Waals surface area contributed by atoms with Crippen LogP contribution in [-0.2, 0) is 9.59 Å². The summed E-state index contributed by atoms with van der Waals surface area (Å²) in [7, 11) is 0. The summed E-state index contributed by atoms with van der Waals surface area (Å²) in [6, 6.07) is 16.3. The van der Waals surface area contributed by atoms with Gasteiger partial charge in [-0.25, -0.2) is 9.37 Å². The molecular formula is C27H20ClFN2O4S. The first-order chi connectivity index (χ1) is 17.4. The third kappa shape index (κ3) is 4.34. The minimum Gasteiger partial charge on any atom is -0.507 e. The second-order valence-electron chi connectivity index (χ2n) is 8.21. The van der Waals surface area contributed by atoms with Crippen LogP contribution in [0.5, 0.6) is 5.75 Å². The van der Waals surface area contributed by atoms with Gasteiger partial charge in [-0.15, -0.1) is 0 Å². The van der Waals surface area contributed by atoms with Crippen LogP contribution < -0.4 is 9.64 Å². The predicted octanol–water partition coefficient (Wildman–Crippen LogP) is 6.50. The van der Waals surface area contributed by atoms with Gasteiger partial charge in [0.05, 0.1) is 28.4 Å². The molecule has 182 valence electrons. The van der Waals surface area contributed by atoms with Gasteiger partial charge in [-0.1, -0.05) is 42.0 Å². The molecule has 5 rings (SSSR count). The molecule has 1 aromatic heterocycles. The summed E-state index contributed by atoms with van der Waals surface area (Å²) in [5.74, 6) is -2.01. The zero-order valence-electron chi connectivity index (χ0n) is 19.1. The van der Waals surface area contributed by atoms with Crippen LogP contribution in [0.3, 0.4) is 0 Å². The number of halogens is 2. The summed E-state index contributed by atoms with van der Waals surface area (Å²) in [4.78, 5) is 32.6. The molecule has 4 aromatic rings. The summed E-state index contributed by atoms with van der Waals surface area (Å²) < 4.78 is 20.0. The Bertz CT molecular complexity index is 1520. The Hall–Kier alpha value is -3.75. The third-order valence-corrected chi connectivity index (χ3v) is 7.01. The molecule has 1 amide bonds. The summed E-state index contributed by atoms with van der Waals surface area (Å²) in [6.45, 7) is 2.48. The van der Waals surface area contributed by atoms with Crippen molar-refractivity contribution in [1.82, 2.24) is 4.98 Å². The first-order valence-electron chi connectivity index (χ1n) is 11.2. The van der Waals surface area contributed by atoms with Crippen molar-refractivity contribution in [2.75, 3.05) is 11.5 Å². The number of rotatable bonds is 6. The number of aliphatic hydroxyl groups excluding tert-OH is 1. The molecule has 0 radical (unpaired) electrons. The molecule has 6 nitrogen and oxygen atoms in total. The topological polar surface area (TPSA) is 79.7 Å². The van der Waals surface area contributed by atoms with E-state index in [0.717, 1.165) is 11.1 Å². The van der Waals surface area contributed by atoms with Crippen molar-refractivity contribution in [3.63, 3.8) is 0 Å². The van der Waals surface area contributed by atoms with Gasteiger partial charge in [-0.3, -0.25) is 14.5 Å². The van der Waals surface area contributed by atoms with Gasteiger partial charge in [-0.2, -0.15) is 0 Å². The van der Waals surface area contributed by atoms with Gasteiger partial charge in [-0.05, 0) is 66.6 Å². The van der Waals surface area contributed by atoms with Crippen LogP contribution >= 0.6 is 22.9 Å². The molecule has 0 spiro atoms. The number of nitrogens with zero attached hydrogens (tertiary/aromatic N) is 2. The summed E-state index contributed by atoms with van der Waals surface area (Å²) in [5.41, 5.74) is 1.28. The Labute approximate surface area is 215 Å². The van der Waals surface area contributed by atoms with E-state index in [1.807, 2.05) is 6.92 Å². The fourth-order valence-corrected chi connectivity index (χ4v) is 5.36. The second-order valence-corrected chi connectivity index (χ2v) is 9.65. The molecule has 1 saturated heterocycles. The smallest absolute Gasteiger partial charge is 0.301 e. The number of benzene rings is 3. The van der Waals surface area contributed by atoms with Crippen molar-refractivity contribution < 1.29 is 23.8 Å². The number of ether oxygens (including phenoxy) is 1. The van der Waals surface area contributed by atoms with E-state index in [1.54, 1.807) is 42.5 Å². The van der Waals surface area contributed by atoms with Crippen LogP contribution in [0.2, 0.25) is 5.02 Å². The number of Topliss-reactive ketones (excluding diaryl/α,β-unsaturated/α-hetero) is 1. The van der Waals surface area contributed by atoms with E-state index >= 15 is 0 Å². The molecular weight excluding hydrogens is 503 g/mol. The molecule has 1 aliphatic heterocycles. The lowest BCUT2D eigenvalue weighted by atomic mass is 9.95. The Kier molecular flexibility index (Phi) is 6.47. The minimum absolute atomic E-state index is 0.114. The fraction of sp³-hybridized carbons (Fsp3) is 0.148. The quantitative estimate of drug-likeness (QED) is 0.177. The Morgan fingerprint density at radius 1 is 1.14 bits per heavy atom. The Morgan fingerprint density at radius 2 is 1.92 bits per heavy atom. The largest absolute Gasteiger partial charge is 0.507 e. The molecule has 1 unspecified atom stereocenters. The standard InChI is InChI=1S/C27H20ClFN2O4S/c1-2-12-35-19-5-3-4-16(13-19)23-22(24(32)15-6-9-18(29)10-7-15)25(33)26(34)31(23)27-30-20-11-8-17(28)14-21(20)36-27/h3-11,13-14,23,32H,2,12H2,1H3/b24-22+. The van der Waals surface area contributed by atoms with Crippen molar-refractivity contribution in [3.8, 4) is 5.75 Å². The van der Waals surface area contributed by atoms with Crippen LogP contribution in [0, 0.1) is 5.82 Å². The number of hydrogen-bond donors (Lipinski definition) is 1. The van der Waals surface area contributed by atoms with Crippen LogP contribution in [0.25, 0.3) is 16.0 Å². The van der Waals surface area contributed by atoms with Crippen LogP contribution in [-0.4, -0.2) is 28.4 Å². The van der Waals surface area contributed by atoms with Crippen molar-refractivity contribution in [1.29, 1.82) is 0 Å². The van der Waals surface area contributed by atoms with E-state index in [0.29, 0.717) is 28.5 Å². The van der Waals surface area contributed by atoms with Crippen molar-refractivity contribution in [2.45, 2.75) is 19.4 Å². The van der Waals surface area contributed by atoms with Crippen molar-refractivity contribution in [2.24, 2.45) is 0 Å². The monoisotopic (exact) mass is 522 g/mol. The average Bonchev–Trinajstić information content (AvgIpc) is 3.40. The van der Waals surface area contributed by atoms with Gasteiger partial charge in [0.1, 0.15) is 17.3 Å². The highest BCUT2D eigenvalue weighted by atomic mass is 35.5. The zero-order valence-corrected chi connectivity index (χ0v) is 20.6. The number of anilines is 1. The number of aromatic nitrogens is 1. The highest BCUT2D eigenvalue weighted by Gasteiger charge is 2.48. The summed E-state index contributed by atoms with van der Waals surface area (Å²) in [6.07, 6.45) is 0.807. The summed E-state index contributed by atoms with van der Waals surface area (Å²) in [5, 5.41) is 12.0. The number of fused-ring (bicyclic) bond motifs is 1. The van der Waals surface area contributed by atoms with Gasteiger partial charge < -0.3 is 9.84 Å². The second kappa shape index (κ2) is 9.72. The van der Waals surface area contributed by atoms with E-state index in [1.165, 1.54) is 40.5 Å². The highest BCUT2D eigenvalue weighted by molar-refractivity contribution is 7.22. The molecule has 9 heteroatoms. The van der Waals surface area contributed by atoms with E-state index in [9.17, 15) is 19.1 Å². The van der Waals surface area contributed by atoms with Crippen LogP contribution in [0.4, 0.5) is 9.52 Å². The third-order valence-electron chi connectivity index (χ3n) is 5.75. The van der Waals surface area contributed by atoms with Gasteiger partial charge in [0.2, 0.25) is 0 Å². The van der Waals surface area contributed by atoms with Gasteiger partial charge in [0, 0.05) is 10.6 Å². The Morgan fingerprint density at radius 3 is 2.67 bits per heavy atom. The lowest BCUT2D eigenvalue weighted by Gasteiger charge is -2.23. The molecule has 0 aliphatic carbocycles. The zero-order chi connectivity index (χ0) is 25.4. The maximum absolute atomic E-state index is 13.5. The first-order valence-corrected chi connectivity index (χ1v) is 12.4. The number of hydrogen-bond acceptors (Lipinski definition) is 6. The number of carbonyl (C=O) groups excluding carboxylic acids is 2. The molecule has 0 bridgehead atoms. The molecule has 36 heavy (non-hydrogen) atoms. The van der Waals surface area contributed by atoms with Crippen LogP contribution in [0.15, 0.2) is 72.3 Å². The maximum atomic E-state index is 13.5. The number of thiazole rings is 1. The van der Waals surface area contributed by atoms with E-state index < -0.39 is 29.3 Å². The normalized spacial score (nSPS) is 17.2. The summed E-state index contributed by atoms with van der Waals surface area (Å²) >= 11 is 7.34. The molecule has 2 heterocycles. The minimum atomic E-state index is -0.976. The molecule has 3 aromatic carbocycles. The predicted molar refractivity (Wildman–Crippen MR) is 138 cm³/mol. The Balaban J connectivity index is 1.70. The number of aliphatic hydroxyl groups is 1. The molecule has 0 saturated carbocycles. The molecule has 1 aliphatic rings. The molecule has 1 fully saturated rings. The van der Waals surface area contributed by atoms with Gasteiger partial charge in [0.25, 0.3) is 5.78 Å². The SMILES string of the molecule is CCCOc1cccc(C2/C(=C(\O)c3ccc(F)cc3)C(=O)C(=O)N2c2nc3ccc(Cl)cc3s2)c1.